The van der Waals surface area contributed by atoms with Gasteiger partial charge in [-0.1, -0.05) is 0 Å². The predicted molar refractivity (Wildman–Crippen MR) is 14.8 cm³/mol. The first-order valence-corrected chi connectivity index (χ1v) is 1.04. The van der Waals surface area contributed by atoms with Crippen LogP contribution in [0.2, 0.25) is 0 Å². The predicted octanol–water partition coefficient (Wildman–Crippen LogP) is -4.98. The Morgan fingerprint density at radius 1 is 1.62 bits per heavy atom. The molecule has 0 atom stereocenters. The van der Waals surface area contributed by atoms with E-state index in [2.05, 4.69) is 0 Å². The van der Waals surface area contributed by atoms with Crippen LogP contribution >= 0.6 is 0 Å². The van der Waals surface area contributed by atoms with Crippen LogP contribution in [0.5, 0.6) is 0 Å². The van der Waals surface area contributed by atoms with Gasteiger partial charge in [-0.15, -0.1) is 10.1 Å². The number of hydrogen-bond acceptors (Lipinski definition) is 4. The Labute approximate surface area is 103 Å². The summed E-state index contributed by atoms with van der Waals surface area (Å²) in [5.74, 6) is 0. The van der Waals surface area contributed by atoms with E-state index in [1.165, 1.54) is 0 Å². The van der Waals surface area contributed by atoms with E-state index in [-0.39, 0.29) is 68.9 Å². The zero-order chi connectivity index (χ0) is 6.28. The van der Waals surface area contributed by atoms with E-state index in [9.17, 15) is 0 Å². The van der Waals surface area contributed by atoms with Crippen molar-refractivity contribution in [1.29, 1.82) is 0 Å². The number of nitrogens with zero attached hydrogens (tertiary/aromatic N) is 1. The fourth-order valence-corrected chi connectivity index (χ4v) is 0. The van der Waals surface area contributed by atoms with Crippen molar-refractivity contribution in [2.24, 2.45) is 0 Å². The maximum atomic E-state index is 8.36. The summed E-state index contributed by atoms with van der Waals surface area (Å²) in [5.41, 5.74) is 0. The van der Waals surface area contributed by atoms with E-state index in [1.807, 2.05) is 0 Å². The van der Waals surface area contributed by atoms with Crippen molar-refractivity contribution >= 4 is 6.47 Å². The minimum atomic E-state index is -1.50. The molecule has 8 heavy (non-hydrogen) atoms. The molecule has 1 N–H and O–H groups in total. The van der Waals surface area contributed by atoms with Crippen molar-refractivity contribution in [2.75, 3.05) is 0 Å². The van der Waals surface area contributed by atoms with Gasteiger partial charge >= 0.3 is 68.9 Å². The topological polar surface area (TPSA) is 104 Å². The Hall–Kier alpha value is 0.722. The Bertz CT molecular complexity index is 59.4. The molecule has 0 aromatic rings. The SMILES string of the molecule is O=C[O-].O=[N+]([O-])O.[Cs+]. The summed E-state index contributed by atoms with van der Waals surface area (Å²) >= 11 is 0. The third-order valence-electron chi connectivity index (χ3n) is 0. The van der Waals surface area contributed by atoms with Crippen molar-refractivity contribution in [3.05, 3.63) is 10.1 Å². The average Bonchev–Trinajstić information content (AvgIpc) is 1.33. The fourth-order valence-electron chi connectivity index (χ4n) is 0. The second-order valence-corrected chi connectivity index (χ2v) is 0.334. The van der Waals surface area contributed by atoms with Crippen molar-refractivity contribution in [2.45, 2.75) is 0 Å². The molecule has 0 saturated heterocycles. The van der Waals surface area contributed by atoms with Crippen molar-refractivity contribution < 1.29 is 89.1 Å². The van der Waals surface area contributed by atoms with Gasteiger partial charge in [0.1, 0.15) is 0 Å². The van der Waals surface area contributed by atoms with Crippen molar-refractivity contribution in [3.63, 3.8) is 0 Å². The number of rotatable bonds is 0. The monoisotopic (exact) mass is 241 g/mol. The third-order valence-corrected chi connectivity index (χ3v) is 0. The van der Waals surface area contributed by atoms with Crippen LogP contribution in [0.25, 0.3) is 0 Å². The number of hydrogen-bond donors (Lipinski definition) is 1. The molecule has 0 spiro atoms. The summed E-state index contributed by atoms with van der Waals surface area (Å²) in [6, 6.07) is 0. The van der Waals surface area contributed by atoms with Crippen LogP contribution in [-0.4, -0.2) is 16.8 Å². The van der Waals surface area contributed by atoms with Gasteiger partial charge in [0.25, 0.3) is 5.09 Å². The van der Waals surface area contributed by atoms with E-state index in [4.69, 9.17) is 25.2 Å². The van der Waals surface area contributed by atoms with Crippen molar-refractivity contribution in [3.8, 4) is 0 Å². The Morgan fingerprint density at radius 2 is 1.62 bits per heavy atom. The minimum absolute atomic E-state index is 0. The van der Waals surface area contributed by atoms with Crippen LogP contribution in [-0.2, 0) is 4.79 Å². The average molecular weight is 241 g/mol. The molecule has 0 rings (SSSR count). The normalized spacial score (nSPS) is 4.50. The van der Waals surface area contributed by atoms with Crippen LogP contribution in [0.15, 0.2) is 0 Å². The summed E-state index contributed by atoms with van der Waals surface area (Å²) in [7, 11) is 0. The number of carboxylic acid groups (broad SMARTS) is 1. The molecule has 7 heteroatoms. The molecule has 6 nitrogen and oxygen atoms in total. The van der Waals surface area contributed by atoms with Gasteiger partial charge in [0.2, 0.25) is 0 Å². The van der Waals surface area contributed by atoms with Gasteiger partial charge in [-0.25, -0.2) is 0 Å². The summed E-state index contributed by atoms with van der Waals surface area (Å²) in [5, 5.41) is 21.9. The minimum Gasteiger partial charge on any atom is -0.554 e. The van der Waals surface area contributed by atoms with E-state index >= 15 is 0 Å². The zero-order valence-electron chi connectivity index (χ0n) is 4.10. The molecule has 0 aliphatic heterocycles. The van der Waals surface area contributed by atoms with Crippen molar-refractivity contribution in [1.82, 2.24) is 0 Å². The largest absolute Gasteiger partial charge is 1.00 e. The van der Waals surface area contributed by atoms with Crippen LogP contribution in [0.3, 0.4) is 0 Å². The molecule has 0 saturated carbocycles. The molecular formula is CH2CsNO5. The van der Waals surface area contributed by atoms with Gasteiger partial charge in [-0.3, -0.25) is 0 Å². The van der Waals surface area contributed by atoms with Gasteiger partial charge < -0.3 is 15.1 Å². The van der Waals surface area contributed by atoms with Gasteiger partial charge in [0.05, 0.1) is 0 Å². The molecule has 0 aromatic carbocycles. The zero-order valence-corrected chi connectivity index (χ0v) is 10.4. The smallest absolute Gasteiger partial charge is 0.554 e. The van der Waals surface area contributed by atoms with E-state index in [1.54, 1.807) is 0 Å². The Kier molecular flexibility index (Phi) is 31.1. The number of carbonyl (C=O) groups excluding carboxylic acids is 1. The molecule has 0 aromatic heterocycles. The molecular weight excluding hydrogens is 239 g/mol. The molecule has 42 valence electrons. The van der Waals surface area contributed by atoms with Crippen LogP contribution in [0.1, 0.15) is 0 Å². The first kappa shape index (κ1) is 15.9. The second kappa shape index (κ2) is 15.6. The summed E-state index contributed by atoms with van der Waals surface area (Å²) in [4.78, 5) is 16.6. The Morgan fingerprint density at radius 3 is 1.62 bits per heavy atom. The maximum Gasteiger partial charge on any atom is 1.00 e. The molecule has 0 bridgehead atoms. The standard InChI is InChI=1S/CH2O2.Cs.HNO3/c2-1-3;;2-1(3)4/h1H,(H,2,3);;(H,2,3,4)/q;+1;/p-1. The molecule has 0 aliphatic rings. The second-order valence-electron chi connectivity index (χ2n) is 0.334. The summed E-state index contributed by atoms with van der Waals surface area (Å²) in [6.45, 7) is -0.500. The first-order valence-electron chi connectivity index (χ1n) is 1.04. The van der Waals surface area contributed by atoms with E-state index in [0.717, 1.165) is 0 Å². The fraction of sp³-hybridized carbons (Fsp3) is 0. The molecule has 0 heterocycles. The quantitative estimate of drug-likeness (QED) is 0.260. The molecule has 0 radical (unpaired) electrons. The molecule has 0 aliphatic carbocycles. The van der Waals surface area contributed by atoms with Gasteiger partial charge in [-0.2, -0.15) is 0 Å². The van der Waals surface area contributed by atoms with Gasteiger partial charge in [0.15, 0.2) is 0 Å². The molecule has 0 fully saturated rings. The molecule has 0 unspecified atom stereocenters. The van der Waals surface area contributed by atoms with E-state index in [0.29, 0.717) is 0 Å². The summed E-state index contributed by atoms with van der Waals surface area (Å²) < 4.78 is 0. The van der Waals surface area contributed by atoms with Crippen LogP contribution in [0, 0.1) is 10.1 Å². The van der Waals surface area contributed by atoms with Gasteiger partial charge in [-0.05, 0) is 0 Å². The first-order chi connectivity index (χ1) is 3.15. The molecule has 0 amide bonds. The third kappa shape index (κ3) is 422. The van der Waals surface area contributed by atoms with Crippen LogP contribution < -0.4 is 74.0 Å². The van der Waals surface area contributed by atoms with Gasteiger partial charge in [0, 0.05) is 6.47 Å². The maximum absolute atomic E-state index is 8.36. The Balaban J connectivity index is -0.0000000575. The number of carbonyl (C=O) groups is 1. The van der Waals surface area contributed by atoms with Crippen LogP contribution in [0.4, 0.5) is 0 Å². The summed E-state index contributed by atoms with van der Waals surface area (Å²) in [6.07, 6.45) is 0. The van der Waals surface area contributed by atoms with E-state index < -0.39 is 11.6 Å².